The summed E-state index contributed by atoms with van der Waals surface area (Å²) in [5.74, 6) is 0.889. The van der Waals surface area contributed by atoms with Gasteiger partial charge in [0.1, 0.15) is 0 Å². The first-order chi connectivity index (χ1) is 13.1. The molecule has 0 aliphatic carbocycles. The number of likely N-dealkylation sites (tertiary alicyclic amines) is 1. The van der Waals surface area contributed by atoms with E-state index in [1.54, 1.807) is 24.0 Å². The summed E-state index contributed by atoms with van der Waals surface area (Å²) in [6.45, 7) is 1.86. The van der Waals surface area contributed by atoms with Gasteiger partial charge in [0.15, 0.2) is 11.6 Å². The van der Waals surface area contributed by atoms with Crippen LogP contribution in [0.4, 0.5) is 0 Å². The molecule has 3 aromatic rings. The molecule has 4 rings (SSSR count). The van der Waals surface area contributed by atoms with Crippen LogP contribution < -0.4 is 0 Å². The number of aromatic nitrogens is 2. The van der Waals surface area contributed by atoms with Crippen LogP contribution in [0.3, 0.4) is 0 Å². The lowest BCUT2D eigenvalue weighted by Gasteiger charge is -2.22. The Hall–Kier alpha value is -3.28. The number of nitrogens with zero attached hydrogens (tertiary/aromatic N) is 3. The second-order valence-corrected chi connectivity index (χ2v) is 6.71. The fraction of sp³-hybridized carbons (Fsp3) is 0.238. The van der Waals surface area contributed by atoms with Crippen LogP contribution in [-0.2, 0) is 11.2 Å². The zero-order valence-corrected chi connectivity index (χ0v) is 15.0. The van der Waals surface area contributed by atoms with Crippen LogP contribution >= 0.6 is 0 Å². The zero-order chi connectivity index (χ0) is 18.8. The second kappa shape index (κ2) is 7.15. The maximum absolute atomic E-state index is 13.0. The van der Waals surface area contributed by atoms with Crippen LogP contribution in [0.15, 0.2) is 59.1 Å². The summed E-state index contributed by atoms with van der Waals surface area (Å²) in [5, 5.41) is 3.77. The average Bonchev–Trinajstić information content (AvgIpc) is 3.27. The van der Waals surface area contributed by atoms with E-state index in [1.807, 2.05) is 42.5 Å². The molecule has 1 aliphatic heterocycles. The highest BCUT2D eigenvalue weighted by atomic mass is 16.5. The van der Waals surface area contributed by atoms with Crippen molar-refractivity contribution < 1.29 is 14.1 Å². The molecule has 2 heterocycles. The molecule has 136 valence electrons. The van der Waals surface area contributed by atoms with Crippen molar-refractivity contribution in [2.24, 2.45) is 0 Å². The van der Waals surface area contributed by atoms with Crippen molar-refractivity contribution in [1.29, 1.82) is 0 Å². The average molecular weight is 361 g/mol. The van der Waals surface area contributed by atoms with Gasteiger partial charge in [-0.3, -0.25) is 9.59 Å². The van der Waals surface area contributed by atoms with Gasteiger partial charge >= 0.3 is 0 Å². The lowest BCUT2D eigenvalue weighted by atomic mass is 10.0. The number of ketones is 1. The van der Waals surface area contributed by atoms with Gasteiger partial charge in [-0.25, -0.2) is 0 Å². The molecule has 6 nitrogen and oxygen atoms in total. The maximum atomic E-state index is 13.0. The van der Waals surface area contributed by atoms with Crippen LogP contribution in [0.2, 0.25) is 0 Å². The number of hydrogen-bond acceptors (Lipinski definition) is 5. The topological polar surface area (TPSA) is 76.3 Å². The van der Waals surface area contributed by atoms with Crippen molar-refractivity contribution in [3.63, 3.8) is 0 Å². The molecule has 27 heavy (non-hydrogen) atoms. The van der Waals surface area contributed by atoms with E-state index in [0.29, 0.717) is 30.1 Å². The third-order valence-electron chi connectivity index (χ3n) is 4.73. The van der Waals surface area contributed by atoms with Gasteiger partial charge < -0.3 is 9.42 Å². The monoisotopic (exact) mass is 361 g/mol. The Labute approximate surface area is 156 Å². The lowest BCUT2D eigenvalue weighted by Crippen LogP contribution is -2.37. The number of amides is 1. The Morgan fingerprint density at radius 3 is 2.48 bits per heavy atom. The summed E-state index contributed by atoms with van der Waals surface area (Å²) < 4.78 is 5.15. The van der Waals surface area contributed by atoms with Crippen LogP contribution in [0.1, 0.15) is 28.5 Å². The van der Waals surface area contributed by atoms with Crippen molar-refractivity contribution in [2.45, 2.75) is 25.8 Å². The Balaban J connectivity index is 1.52. The normalized spacial score (nSPS) is 16.7. The minimum Gasteiger partial charge on any atom is -0.339 e. The molecule has 0 radical (unpaired) electrons. The third-order valence-corrected chi connectivity index (χ3v) is 4.73. The van der Waals surface area contributed by atoms with Gasteiger partial charge in [-0.15, -0.1) is 0 Å². The number of carbonyl (C=O) groups excluding carboxylic acids is 2. The molecule has 0 spiro atoms. The molecular formula is C21H19N3O3. The molecule has 1 saturated heterocycles. The molecule has 0 bridgehead atoms. The molecule has 1 aliphatic rings. The number of aryl methyl sites for hydroxylation is 1. The van der Waals surface area contributed by atoms with Gasteiger partial charge in [0.05, 0.1) is 6.54 Å². The fourth-order valence-electron chi connectivity index (χ4n) is 3.40. The highest BCUT2D eigenvalue weighted by Gasteiger charge is 2.35. The van der Waals surface area contributed by atoms with Gasteiger partial charge in [0.2, 0.25) is 5.89 Å². The molecule has 0 unspecified atom stereocenters. The summed E-state index contributed by atoms with van der Waals surface area (Å²) in [6, 6.07) is 17.2. The SMILES string of the molecule is Cc1noc(C[C@H]2CC(=O)CN2C(=O)c2ccc(-c3ccccc3)cc2)n1. The number of rotatable bonds is 4. The van der Waals surface area contributed by atoms with Crippen molar-refractivity contribution in [1.82, 2.24) is 15.0 Å². The van der Waals surface area contributed by atoms with E-state index in [-0.39, 0.29) is 24.3 Å². The van der Waals surface area contributed by atoms with E-state index < -0.39 is 0 Å². The molecule has 6 heteroatoms. The summed E-state index contributed by atoms with van der Waals surface area (Å²) in [6.07, 6.45) is 0.704. The van der Waals surface area contributed by atoms with Crippen molar-refractivity contribution >= 4 is 11.7 Å². The molecule has 0 N–H and O–H groups in total. The molecule has 1 amide bonds. The highest BCUT2D eigenvalue weighted by molar-refractivity contribution is 5.99. The smallest absolute Gasteiger partial charge is 0.254 e. The highest BCUT2D eigenvalue weighted by Crippen LogP contribution is 2.23. The fourth-order valence-corrected chi connectivity index (χ4v) is 3.40. The Morgan fingerprint density at radius 1 is 1.11 bits per heavy atom. The van der Waals surface area contributed by atoms with Crippen molar-refractivity contribution in [3.05, 3.63) is 71.9 Å². The molecular weight excluding hydrogens is 342 g/mol. The predicted octanol–water partition coefficient (Wildman–Crippen LogP) is 3.07. The second-order valence-electron chi connectivity index (χ2n) is 6.71. The standard InChI is InChI=1S/C21H19N3O3/c1-14-22-20(27-23-14)12-18-11-19(25)13-24(18)21(26)17-9-7-16(8-10-17)15-5-3-2-4-6-15/h2-10,18H,11-13H2,1H3/t18-/m1/s1. The van der Waals surface area contributed by atoms with Gasteiger partial charge in [-0.05, 0) is 30.2 Å². The van der Waals surface area contributed by atoms with E-state index in [4.69, 9.17) is 4.52 Å². The van der Waals surface area contributed by atoms with Gasteiger partial charge in [0, 0.05) is 24.4 Å². The molecule has 0 saturated carbocycles. The summed E-state index contributed by atoms with van der Waals surface area (Å²) in [5.41, 5.74) is 2.70. The minimum atomic E-state index is -0.251. The Kier molecular flexibility index (Phi) is 4.54. The number of hydrogen-bond donors (Lipinski definition) is 0. The van der Waals surface area contributed by atoms with Gasteiger partial charge in [0.25, 0.3) is 5.91 Å². The van der Waals surface area contributed by atoms with E-state index >= 15 is 0 Å². The lowest BCUT2D eigenvalue weighted by molar-refractivity contribution is -0.116. The molecule has 1 aromatic heterocycles. The van der Waals surface area contributed by atoms with Crippen molar-refractivity contribution in [3.8, 4) is 11.1 Å². The minimum absolute atomic E-state index is 0.0468. The molecule has 1 atom stereocenters. The van der Waals surface area contributed by atoms with Crippen molar-refractivity contribution in [2.75, 3.05) is 6.54 Å². The van der Waals surface area contributed by atoms with Crippen LogP contribution in [0.25, 0.3) is 11.1 Å². The number of carbonyl (C=O) groups is 2. The van der Waals surface area contributed by atoms with Crippen LogP contribution in [0, 0.1) is 6.92 Å². The molecule has 2 aromatic carbocycles. The van der Waals surface area contributed by atoms with E-state index in [2.05, 4.69) is 10.1 Å². The summed E-state index contributed by atoms with van der Waals surface area (Å²) >= 11 is 0. The Morgan fingerprint density at radius 2 is 1.81 bits per heavy atom. The maximum Gasteiger partial charge on any atom is 0.254 e. The molecule has 1 fully saturated rings. The quantitative estimate of drug-likeness (QED) is 0.714. The largest absolute Gasteiger partial charge is 0.339 e. The zero-order valence-electron chi connectivity index (χ0n) is 15.0. The Bertz CT molecular complexity index is 964. The summed E-state index contributed by atoms with van der Waals surface area (Å²) in [7, 11) is 0. The number of Topliss-reactive ketones (excluding diaryl/α,β-unsaturated/α-hetero) is 1. The van der Waals surface area contributed by atoms with Crippen LogP contribution in [0.5, 0.6) is 0 Å². The van der Waals surface area contributed by atoms with E-state index in [9.17, 15) is 9.59 Å². The first-order valence-electron chi connectivity index (χ1n) is 8.87. The number of benzene rings is 2. The first kappa shape index (κ1) is 17.1. The van der Waals surface area contributed by atoms with E-state index in [1.165, 1.54) is 0 Å². The third kappa shape index (κ3) is 3.65. The van der Waals surface area contributed by atoms with Crippen LogP contribution in [-0.4, -0.2) is 39.3 Å². The van der Waals surface area contributed by atoms with E-state index in [0.717, 1.165) is 11.1 Å². The first-order valence-corrected chi connectivity index (χ1v) is 8.87. The van der Waals surface area contributed by atoms with Gasteiger partial charge in [-0.2, -0.15) is 4.98 Å². The predicted molar refractivity (Wildman–Crippen MR) is 99.1 cm³/mol. The summed E-state index contributed by atoms with van der Waals surface area (Å²) in [4.78, 5) is 30.7. The van der Waals surface area contributed by atoms with Gasteiger partial charge in [-0.1, -0.05) is 47.6 Å².